The van der Waals surface area contributed by atoms with Gasteiger partial charge in [-0.1, -0.05) is 50.6 Å². The van der Waals surface area contributed by atoms with Gasteiger partial charge in [-0.15, -0.1) is 0 Å². The molecule has 3 rings (SSSR count). The van der Waals surface area contributed by atoms with Crippen molar-refractivity contribution in [3.63, 3.8) is 0 Å². The highest BCUT2D eigenvalue weighted by molar-refractivity contribution is 5.21. The Hall–Kier alpha value is -0.860. The van der Waals surface area contributed by atoms with Crippen LogP contribution < -0.4 is 5.32 Å². The van der Waals surface area contributed by atoms with E-state index in [1.807, 2.05) is 0 Å². The summed E-state index contributed by atoms with van der Waals surface area (Å²) in [6.07, 6.45) is 6.78. The van der Waals surface area contributed by atoms with Gasteiger partial charge in [0.05, 0.1) is 0 Å². The molecule has 1 aromatic rings. The Kier molecular flexibility index (Phi) is 4.66. The van der Waals surface area contributed by atoms with Crippen molar-refractivity contribution in [3.8, 4) is 0 Å². The molecule has 2 nitrogen and oxygen atoms in total. The molecule has 1 heterocycles. The lowest BCUT2D eigenvalue weighted by Crippen LogP contribution is -2.61. The van der Waals surface area contributed by atoms with Gasteiger partial charge in [0.15, 0.2) is 0 Å². The van der Waals surface area contributed by atoms with Crippen molar-refractivity contribution in [2.45, 2.75) is 57.5 Å². The number of nitrogens with one attached hydrogen (secondary N) is 1. The third-order valence-corrected chi connectivity index (χ3v) is 5.87. The molecule has 1 N–H and O–H groups in total. The lowest BCUT2D eigenvalue weighted by atomic mass is 9.82. The van der Waals surface area contributed by atoms with Crippen LogP contribution in [0, 0.1) is 5.92 Å². The molecule has 2 aliphatic rings. The minimum Gasteiger partial charge on any atom is -0.308 e. The largest absolute Gasteiger partial charge is 0.308 e. The van der Waals surface area contributed by atoms with Crippen LogP contribution in [0.15, 0.2) is 30.3 Å². The van der Waals surface area contributed by atoms with E-state index in [-0.39, 0.29) is 0 Å². The highest BCUT2D eigenvalue weighted by Gasteiger charge is 2.38. The monoisotopic (exact) mass is 286 g/mol. The molecule has 1 unspecified atom stereocenters. The second-order valence-electron chi connectivity index (χ2n) is 7.02. The predicted octanol–water partition coefficient (Wildman–Crippen LogP) is 3.99. The topological polar surface area (TPSA) is 15.3 Å². The van der Waals surface area contributed by atoms with Gasteiger partial charge in [0, 0.05) is 31.2 Å². The van der Waals surface area contributed by atoms with Crippen LogP contribution in [0.25, 0.3) is 0 Å². The van der Waals surface area contributed by atoms with Gasteiger partial charge in [0.1, 0.15) is 0 Å². The molecule has 2 fully saturated rings. The predicted molar refractivity (Wildman–Crippen MR) is 89.4 cm³/mol. The lowest BCUT2D eigenvalue weighted by Gasteiger charge is -2.49. The molecule has 1 aliphatic carbocycles. The summed E-state index contributed by atoms with van der Waals surface area (Å²) in [4.78, 5) is 2.78. The summed E-state index contributed by atoms with van der Waals surface area (Å²) in [7, 11) is 0. The molecule has 0 bridgehead atoms. The van der Waals surface area contributed by atoms with E-state index in [2.05, 4.69) is 54.4 Å². The van der Waals surface area contributed by atoms with Gasteiger partial charge in [-0.3, -0.25) is 4.90 Å². The first-order chi connectivity index (χ1) is 10.3. The van der Waals surface area contributed by atoms with Crippen LogP contribution in [0.2, 0.25) is 0 Å². The van der Waals surface area contributed by atoms with Gasteiger partial charge in [-0.05, 0) is 37.2 Å². The van der Waals surface area contributed by atoms with Gasteiger partial charge in [-0.2, -0.15) is 0 Å². The van der Waals surface area contributed by atoms with Crippen LogP contribution >= 0.6 is 0 Å². The first-order valence-electron chi connectivity index (χ1n) is 8.80. The highest BCUT2D eigenvalue weighted by atomic mass is 15.3. The molecular formula is C19H30N2. The van der Waals surface area contributed by atoms with E-state index in [0.717, 1.165) is 12.5 Å². The Morgan fingerprint density at radius 3 is 2.43 bits per heavy atom. The molecular weight excluding hydrogens is 256 g/mol. The van der Waals surface area contributed by atoms with Gasteiger partial charge < -0.3 is 5.32 Å². The molecule has 1 saturated heterocycles. The molecule has 1 aliphatic heterocycles. The Bertz CT molecular complexity index is 434. The summed E-state index contributed by atoms with van der Waals surface area (Å²) in [5.74, 6) is 0.945. The van der Waals surface area contributed by atoms with Crippen LogP contribution in [0.1, 0.15) is 57.6 Å². The van der Waals surface area contributed by atoms with E-state index in [1.165, 1.54) is 50.8 Å². The number of piperazine rings is 1. The van der Waals surface area contributed by atoms with E-state index >= 15 is 0 Å². The zero-order valence-electron chi connectivity index (χ0n) is 13.6. The minimum atomic E-state index is 0.328. The normalized spacial score (nSPS) is 26.5. The first kappa shape index (κ1) is 15.1. The molecule has 1 saturated carbocycles. The van der Waals surface area contributed by atoms with Crippen molar-refractivity contribution >= 4 is 0 Å². The zero-order valence-corrected chi connectivity index (χ0v) is 13.6. The second-order valence-corrected chi connectivity index (χ2v) is 7.02. The number of benzene rings is 1. The van der Waals surface area contributed by atoms with Crippen LogP contribution in [0.5, 0.6) is 0 Å². The van der Waals surface area contributed by atoms with Gasteiger partial charge in [0.25, 0.3) is 0 Å². The first-order valence-corrected chi connectivity index (χ1v) is 8.80. The molecule has 0 spiro atoms. The maximum Gasteiger partial charge on any atom is 0.0473 e. The Morgan fingerprint density at radius 1 is 1.14 bits per heavy atom. The number of nitrogens with zero attached hydrogens (tertiary/aromatic N) is 1. The number of hydrogen-bond acceptors (Lipinski definition) is 2. The van der Waals surface area contributed by atoms with Crippen LogP contribution in [-0.2, 0) is 0 Å². The second kappa shape index (κ2) is 6.50. The average molecular weight is 286 g/mol. The number of hydrogen-bond donors (Lipinski definition) is 1. The molecule has 21 heavy (non-hydrogen) atoms. The summed E-state index contributed by atoms with van der Waals surface area (Å²) < 4.78 is 0. The summed E-state index contributed by atoms with van der Waals surface area (Å²) in [5.41, 5.74) is 1.81. The minimum absolute atomic E-state index is 0.328. The van der Waals surface area contributed by atoms with E-state index in [0.29, 0.717) is 11.6 Å². The fourth-order valence-electron chi connectivity index (χ4n) is 3.92. The molecule has 116 valence electrons. The fourth-order valence-corrected chi connectivity index (χ4v) is 3.92. The summed E-state index contributed by atoms with van der Waals surface area (Å²) in [6.45, 7) is 8.26. The van der Waals surface area contributed by atoms with Gasteiger partial charge in [0.2, 0.25) is 0 Å². The molecule has 1 aromatic carbocycles. The maximum absolute atomic E-state index is 3.88. The zero-order chi connectivity index (χ0) is 14.7. The van der Waals surface area contributed by atoms with E-state index in [4.69, 9.17) is 0 Å². The molecule has 0 radical (unpaired) electrons. The molecule has 2 heteroatoms. The van der Waals surface area contributed by atoms with Crippen molar-refractivity contribution in [3.05, 3.63) is 35.9 Å². The Balaban J connectivity index is 1.78. The van der Waals surface area contributed by atoms with Crippen LogP contribution in [0.3, 0.4) is 0 Å². The lowest BCUT2D eigenvalue weighted by molar-refractivity contribution is 0.0459. The SMILES string of the molecule is CCC1(CC)CN(CC2CCC2)C(c2ccccc2)CN1. The van der Waals surface area contributed by atoms with Crippen molar-refractivity contribution < 1.29 is 0 Å². The molecule has 1 atom stereocenters. The highest BCUT2D eigenvalue weighted by Crippen LogP contribution is 2.34. The van der Waals surface area contributed by atoms with Crippen molar-refractivity contribution in [2.75, 3.05) is 19.6 Å². The van der Waals surface area contributed by atoms with Crippen molar-refractivity contribution in [2.24, 2.45) is 5.92 Å². The standard InChI is InChI=1S/C19H30N2/c1-3-19(4-2)15-21(14-16-9-8-10-16)18(13-20-19)17-11-6-5-7-12-17/h5-7,11-12,16,18,20H,3-4,8-10,13-15H2,1-2H3. The van der Waals surface area contributed by atoms with E-state index < -0.39 is 0 Å². The average Bonchev–Trinajstić information content (AvgIpc) is 2.51. The summed E-state index contributed by atoms with van der Waals surface area (Å²) >= 11 is 0. The van der Waals surface area contributed by atoms with Crippen molar-refractivity contribution in [1.82, 2.24) is 10.2 Å². The Morgan fingerprint density at radius 2 is 1.86 bits per heavy atom. The fraction of sp³-hybridized carbons (Fsp3) is 0.684. The van der Waals surface area contributed by atoms with E-state index in [1.54, 1.807) is 0 Å². The van der Waals surface area contributed by atoms with Crippen LogP contribution in [-0.4, -0.2) is 30.1 Å². The summed E-state index contributed by atoms with van der Waals surface area (Å²) in [5, 5.41) is 3.88. The maximum atomic E-state index is 3.88. The Labute approximate surface area is 129 Å². The summed E-state index contributed by atoms with van der Waals surface area (Å²) in [6, 6.07) is 11.6. The molecule has 0 amide bonds. The quantitative estimate of drug-likeness (QED) is 0.880. The van der Waals surface area contributed by atoms with Gasteiger partial charge >= 0.3 is 0 Å². The third kappa shape index (κ3) is 3.17. The van der Waals surface area contributed by atoms with E-state index in [9.17, 15) is 0 Å². The smallest absolute Gasteiger partial charge is 0.0473 e. The van der Waals surface area contributed by atoms with Gasteiger partial charge in [-0.25, -0.2) is 0 Å². The third-order valence-electron chi connectivity index (χ3n) is 5.87. The molecule has 0 aromatic heterocycles. The van der Waals surface area contributed by atoms with Crippen molar-refractivity contribution in [1.29, 1.82) is 0 Å². The van der Waals surface area contributed by atoms with Crippen LogP contribution in [0.4, 0.5) is 0 Å². The number of rotatable bonds is 5.